The molecule has 1 heterocycles. The maximum absolute atomic E-state index is 11.9. The summed E-state index contributed by atoms with van der Waals surface area (Å²) in [6.07, 6.45) is 4.99. The smallest absolute Gasteiger partial charge is 0.223 e. The number of carbonyl (C=O) groups is 1. The maximum atomic E-state index is 11.9. The highest BCUT2D eigenvalue weighted by atomic mass is 32.1. The molecule has 5 nitrogen and oxygen atoms in total. The molecule has 0 spiro atoms. The van der Waals surface area contributed by atoms with Crippen LogP contribution in [0, 0.1) is 0 Å². The molecule has 0 saturated carbocycles. The van der Waals surface area contributed by atoms with Crippen LogP contribution in [-0.4, -0.2) is 67.1 Å². The lowest BCUT2D eigenvalue weighted by molar-refractivity contribution is -0.130. The summed E-state index contributed by atoms with van der Waals surface area (Å²) >= 11 is 4.82. The number of amides is 1. The minimum Gasteiger partial charge on any atom is -0.393 e. The van der Waals surface area contributed by atoms with Crippen molar-refractivity contribution in [3.8, 4) is 0 Å². The van der Waals surface area contributed by atoms with Gasteiger partial charge in [0.1, 0.15) is 0 Å². The molecule has 1 saturated heterocycles. The monoisotopic (exact) mass is 301 g/mol. The molecule has 2 N–H and O–H groups in total. The molecule has 0 bridgehead atoms. The molecule has 1 unspecified atom stereocenters. The van der Waals surface area contributed by atoms with E-state index in [0.29, 0.717) is 30.5 Å². The summed E-state index contributed by atoms with van der Waals surface area (Å²) in [5, 5.41) is 0. The van der Waals surface area contributed by atoms with Gasteiger partial charge in [-0.15, -0.1) is 0 Å². The first-order valence-electron chi connectivity index (χ1n) is 7.31. The lowest BCUT2D eigenvalue weighted by atomic mass is 10.1. The van der Waals surface area contributed by atoms with Gasteiger partial charge in [-0.05, 0) is 26.3 Å². The number of nitrogens with zero attached hydrogens (tertiary/aromatic N) is 2. The number of nitrogens with two attached hydrogens (primary N) is 1. The van der Waals surface area contributed by atoms with Crippen molar-refractivity contribution < 1.29 is 9.53 Å². The lowest BCUT2D eigenvalue weighted by Crippen LogP contribution is -2.36. The Bertz CT molecular complexity index is 320. The molecule has 116 valence electrons. The van der Waals surface area contributed by atoms with E-state index in [2.05, 4.69) is 4.90 Å². The van der Waals surface area contributed by atoms with Gasteiger partial charge in [-0.1, -0.05) is 12.2 Å². The summed E-state index contributed by atoms with van der Waals surface area (Å²) in [4.78, 5) is 16.3. The van der Waals surface area contributed by atoms with Gasteiger partial charge in [0.15, 0.2) is 0 Å². The Balaban J connectivity index is 2.16. The fraction of sp³-hybridized carbons (Fsp3) is 0.857. The zero-order chi connectivity index (χ0) is 15.0. The highest BCUT2D eigenvalue weighted by Crippen LogP contribution is 2.13. The third kappa shape index (κ3) is 7.17. The summed E-state index contributed by atoms with van der Waals surface area (Å²) in [5.74, 6) is 0.137. The Labute approximate surface area is 127 Å². The van der Waals surface area contributed by atoms with E-state index in [1.165, 1.54) is 12.8 Å². The lowest BCUT2D eigenvalue weighted by Gasteiger charge is -2.27. The van der Waals surface area contributed by atoms with Crippen LogP contribution < -0.4 is 5.73 Å². The Morgan fingerprint density at radius 2 is 2.05 bits per heavy atom. The first-order chi connectivity index (χ1) is 9.49. The van der Waals surface area contributed by atoms with Gasteiger partial charge in [0.05, 0.1) is 11.1 Å². The molecule has 1 fully saturated rings. The fourth-order valence-corrected chi connectivity index (χ4v) is 2.36. The quantitative estimate of drug-likeness (QED) is 0.678. The predicted octanol–water partition coefficient (Wildman–Crippen LogP) is 1.01. The number of likely N-dealkylation sites (N-methyl/N-ethyl adjacent to an activating group) is 1. The van der Waals surface area contributed by atoms with E-state index in [1.54, 1.807) is 11.9 Å². The molecule has 0 aromatic rings. The molecule has 0 aromatic carbocycles. The third-order valence-electron chi connectivity index (χ3n) is 3.62. The number of thiocarbonyl (C=S) groups is 1. The van der Waals surface area contributed by atoms with Crippen molar-refractivity contribution in [2.24, 2.45) is 5.73 Å². The van der Waals surface area contributed by atoms with Crippen molar-refractivity contribution in [3.63, 3.8) is 0 Å². The number of rotatable bonds is 8. The van der Waals surface area contributed by atoms with Crippen molar-refractivity contribution in [1.82, 2.24) is 9.80 Å². The Kier molecular flexibility index (Phi) is 8.02. The van der Waals surface area contributed by atoms with Crippen molar-refractivity contribution in [2.45, 2.75) is 38.2 Å². The number of hydrogen-bond donors (Lipinski definition) is 1. The van der Waals surface area contributed by atoms with Crippen LogP contribution in [0.3, 0.4) is 0 Å². The molecular formula is C14H27N3O2S. The summed E-state index contributed by atoms with van der Waals surface area (Å²) in [7, 11) is 3.84. The minimum absolute atomic E-state index is 0.137. The van der Waals surface area contributed by atoms with E-state index >= 15 is 0 Å². The van der Waals surface area contributed by atoms with E-state index in [-0.39, 0.29) is 5.91 Å². The Morgan fingerprint density at radius 1 is 1.30 bits per heavy atom. The topological polar surface area (TPSA) is 58.8 Å². The van der Waals surface area contributed by atoms with Crippen LogP contribution in [0.1, 0.15) is 32.1 Å². The summed E-state index contributed by atoms with van der Waals surface area (Å²) < 4.78 is 5.70. The van der Waals surface area contributed by atoms with E-state index in [9.17, 15) is 4.79 Å². The molecule has 20 heavy (non-hydrogen) atoms. The third-order valence-corrected chi connectivity index (χ3v) is 3.82. The van der Waals surface area contributed by atoms with Gasteiger partial charge in [-0.3, -0.25) is 4.79 Å². The Hall–Kier alpha value is -0.720. The zero-order valence-electron chi connectivity index (χ0n) is 12.6. The molecule has 0 aromatic heterocycles. The second-order valence-corrected chi connectivity index (χ2v) is 6.06. The number of carbonyl (C=O) groups excluding carboxylic acids is 1. The van der Waals surface area contributed by atoms with Gasteiger partial charge >= 0.3 is 0 Å². The molecule has 1 rings (SSSR count). The SMILES string of the molecule is CN(CCC(=O)N(C)CCC(N)=S)CC1CCCCO1. The molecule has 6 heteroatoms. The molecule has 0 radical (unpaired) electrons. The van der Waals surface area contributed by atoms with Crippen LogP contribution in [0.15, 0.2) is 0 Å². The fourth-order valence-electron chi connectivity index (χ4n) is 2.27. The Morgan fingerprint density at radius 3 is 2.65 bits per heavy atom. The largest absolute Gasteiger partial charge is 0.393 e. The van der Waals surface area contributed by atoms with Gasteiger partial charge in [-0.2, -0.15) is 0 Å². The van der Waals surface area contributed by atoms with Gasteiger partial charge in [0, 0.05) is 46.1 Å². The van der Waals surface area contributed by atoms with Crippen LogP contribution in [0.5, 0.6) is 0 Å². The average Bonchev–Trinajstić information content (AvgIpc) is 2.43. The van der Waals surface area contributed by atoms with E-state index in [0.717, 1.165) is 26.1 Å². The van der Waals surface area contributed by atoms with E-state index in [1.807, 2.05) is 7.05 Å². The van der Waals surface area contributed by atoms with Crippen LogP contribution in [0.4, 0.5) is 0 Å². The van der Waals surface area contributed by atoms with Crippen molar-refractivity contribution in [2.75, 3.05) is 40.3 Å². The summed E-state index contributed by atoms with van der Waals surface area (Å²) in [6.45, 7) is 3.14. The minimum atomic E-state index is 0.137. The molecule has 1 atom stereocenters. The second kappa shape index (κ2) is 9.26. The van der Waals surface area contributed by atoms with Gasteiger partial charge in [0.25, 0.3) is 0 Å². The molecule has 1 aliphatic heterocycles. The van der Waals surface area contributed by atoms with Crippen molar-refractivity contribution in [3.05, 3.63) is 0 Å². The standard InChI is InChI=1S/C14H27N3O2S/c1-16(11-12-5-3-4-10-19-12)8-7-14(18)17(2)9-6-13(15)20/h12H,3-11H2,1-2H3,(H2,15,20). The normalized spacial score (nSPS) is 19.1. The van der Waals surface area contributed by atoms with Gasteiger partial charge in [0.2, 0.25) is 5.91 Å². The zero-order valence-corrected chi connectivity index (χ0v) is 13.5. The molecule has 1 aliphatic rings. The predicted molar refractivity (Wildman–Crippen MR) is 84.7 cm³/mol. The molecular weight excluding hydrogens is 274 g/mol. The first-order valence-corrected chi connectivity index (χ1v) is 7.72. The number of hydrogen-bond acceptors (Lipinski definition) is 4. The van der Waals surface area contributed by atoms with Gasteiger partial charge < -0.3 is 20.3 Å². The first kappa shape index (κ1) is 17.3. The highest BCUT2D eigenvalue weighted by molar-refractivity contribution is 7.80. The molecule has 1 amide bonds. The van der Waals surface area contributed by atoms with Crippen LogP contribution in [-0.2, 0) is 9.53 Å². The highest BCUT2D eigenvalue weighted by Gasteiger charge is 2.17. The summed E-state index contributed by atoms with van der Waals surface area (Å²) in [5.41, 5.74) is 5.44. The molecule has 0 aliphatic carbocycles. The summed E-state index contributed by atoms with van der Waals surface area (Å²) in [6, 6.07) is 0. The van der Waals surface area contributed by atoms with E-state index in [4.69, 9.17) is 22.7 Å². The van der Waals surface area contributed by atoms with Crippen LogP contribution in [0.25, 0.3) is 0 Å². The number of ether oxygens (including phenoxy) is 1. The second-order valence-electron chi connectivity index (χ2n) is 5.53. The van der Waals surface area contributed by atoms with Crippen molar-refractivity contribution in [1.29, 1.82) is 0 Å². The van der Waals surface area contributed by atoms with Crippen molar-refractivity contribution >= 4 is 23.1 Å². The average molecular weight is 301 g/mol. The van der Waals surface area contributed by atoms with Crippen LogP contribution >= 0.6 is 12.2 Å². The maximum Gasteiger partial charge on any atom is 0.223 e. The van der Waals surface area contributed by atoms with E-state index < -0.39 is 0 Å². The van der Waals surface area contributed by atoms with Crippen LogP contribution in [0.2, 0.25) is 0 Å². The van der Waals surface area contributed by atoms with Gasteiger partial charge in [-0.25, -0.2) is 0 Å².